The molecule has 2 atom stereocenters. The van der Waals surface area contributed by atoms with Crippen molar-refractivity contribution < 1.29 is 27.0 Å². The number of carbonyl (C=O) groups excluding carboxylic acids is 1. The first-order valence-electron chi connectivity index (χ1n) is 9.50. The van der Waals surface area contributed by atoms with Crippen molar-refractivity contribution >= 4 is 15.0 Å². The summed E-state index contributed by atoms with van der Waals surface area (Å²) in [4.78, 5) is 11.7. The molecule has 3 heterocycles. The molecule has 3 saturated heterocycles. The standard InChI is InChI=1S/C17H34NO5Si/c1-5-8-16-13-18(10-7-3)11-12-20-24(22-16,21-15(4)19)23-17(14-18)9-6-2/h16-17H,5-14H2,1-4H3/q+1. The Bertz CT molecular complexity index is 402. The van der Waals surface area contributed by atoms with Crippen LogP contribution in [0.2, 0.25) is 0 Å². The van der Waals surface area contributed by atoms with Crippen molar-refractivity contribution in [3.63, 3.8) is 0 Å². The fraction of sp³-hybridized carbons (Fsp3) is 0.941. The van der Waals surface area contributed by atoms with Gasteiger partial charge in [0.15, 0.2) is 0 Å². The van der Waals surface area contributed by atoms with Crippen LogP contribution in [0.1, 0.15) is 59.8 Å². The normalized spacial score (nSPS) is 36.7. The number of hydrogen-bond acceptors (Lipinski definition) is 5. The van der Waals surface area contributed by atoms with Crippen LogP contribution in [0.5, 0.6) is 0 Å². The lowest BCUT2D eigenvalue weighted by Gasteiger charge is -2.49. The second kappa shape index (κ2) is 8.76. The number of fused-ring (bicyclic) bond motifs is 6. The lowest BCUT2D eigenvalue weighted by Crippen LogP contribution is -2.68. The highest BCUT2D eigenvalue weighted by Crippen LogP contribution is 2.30. The van der Waals surface area contributed by atoms with Crippen LogP contribution in [0.25, 0.3) is 0 Å². The zero-order chi connectivity index (χ0) is 17.6. The van der Waals surface area contributed by atoms with Crippen molar-refractivity contribution in [2.75, 3.05) is 32.8 Å². The summed E-state index contributed by atoms with van der Waals surface area (Å²) in [6.07, 6.45) is 5.10. The third-order valence-corrected chi connectivity index (χ3v) is 7.18. The van der Waals surface area contributed by atoms with Gasteiger partial charge in [-0.05, 0) is 19.3 Å². The molecule has 6 nitrogen and oxygen atoms in total. The zero-order valence-electron chi connectivity index (χ0n) is 15.7. The summed E-state index contributed by atoms with van der Waals surface area (Å²) in [5.41, 5.74) is 0. The Morgan fingerprint density at radius 2 is 1.67 bits per heavy atom. The quantitative estimate of drug-likeness (QED) is 0.516. The van der Waals surface area contributed by atoms with Crippen molar-refractivity contribution in [1.82, 2.24) is 0 Å². The molecule has 140 valence electrons. The van der Waals surface area contributed by atoms with Gasteiger partial charge in [0.1, 0.15) is 31.8 Å². The smallest absolute Gasteiger partial charge is 0.452 e. The van der Waals surface area contributed by atoms with Gasteiger partial charge in [0.25, 0.3) is 5.97 Å². The SMILES string of the molecule is CCCC1C[N+]2(CCC)CCO[Si](OC(C)=O)(O1)OC(CCC)C2. The molecule has 2 bridgehead atoms. The van der Waals surface area contributed by atoms with Gasteiger partial charge in [-0.2, -0.15) is 0 Å². The first-order valence-corrected chi connectivity index (χ1v) is 11.1. The molecule has 3 aliphatic heterocycles. The van der Waals surface area contributed by atoms with Crippen molar-refractivity contribution in [3.05, 3.63) is 0 Å². The molecule has 0 aliphatic carbocycles. The summed E-state index contributed by atoms with van der Waals surface area (Å²) in [6, 6.07) is 0. The number of carbonyl (C=O) groups is 1. The molecular weight excluding hydrogens is 326 g/mol. The van der Waals surface area contributed by atoms with E-state index in [9.17, 15) is 4.79 Å². The highest BCUT2D eigenvalue weighted by Gasteiger charge is 2.58. The maximum Gasteiger partial charge on any atom is 0.752 e. The summed E-state index contributed by atoms with van der Waals surface area (Å²) in [6.45, 7) is 12.4. The molecule has 0 amide bonds. The summed E-state index contributed by atoms with van der Waals surface area (Å²) < 4.78 is 25.1. The van der Waals surface area contributed by atoms with Crippen molar-refractivity contribution in [2.45, 2.75) is 72.0 Å². The van der Waals surface area contributed by atoms with Crippen LogP contribution in [-0.2, 0) is 22.5 Å². The number of hydrogen-bond donors (Lipinski definition) is 0. The van der Waals surface area contributed by atoms with Gasteiger partial charge >= 0.3 is 9.05 Å². The molecule has 0 aromatic rings. The summed E-state index contributed by atoms with van der Waals surface area (Å²) in [7, 11) is -3.41. The van der Waals surface area contributed by atoms with Gasteiger partial charge in [0, 0.05) is 6.92 Å². The highest BCUT2D eigenvalue weighted by atomic mass is 28.4. The van der Waals surface area contributed by atoms with E-state index in [4.69, 9.17) is 17.7 Å². The lowest BCUT2D eigenvalue weighted by molar-refractivity contribution is -0.936. The van der Waals surface area contributed by atoms with E-state index >= 15 is 0 Å². The Kier molecular flexibility index (Phi) is 7.24. The minimum absolute atomic E-state index is 0.0236. The van der Waals surface area contributed by atoms with Crippen molar-refractivity contribution in [2.24, 2.45) is 0 Å². The van der Waals surface area contributed by atoms with Gasteiger partial charge in [-0.15, -0.1) is 0 Å². The molecule has 0 N–H and O–H groups in total. The monoisotopic (exact) mass is 360 g/mol. The molecule has 3 fully saturated rings. The second-order valence-corrected chi connectivity index (χ2v) is 9.12. The minimum atomic E-state index is -3.41. The Morgan fingerprint density at radius 3 is 2.12 bits per heavy atom. The molecule has 0 spiro atoms. The Labute approximate surface area is 147 Å². The van der Waals surface area contributed by atoms with E-state index in [0.717, 1.165) is 62.8 Å². The largest absolute Gasteiger partial charge is 0.752 e. The van der Waals surface area contributed by atoms with Crippen molar-refractivity contribution in [1.29, 1.82) is 0 Å². The van der Waals surface area contributed by atoms with E-state index in [2.05, 4.69) is 20.8 Å². The van der Waals surface area contributed by atoms with Gasteiger partial charge in [-0.3, -0.25) is 4.79 Å². The van der Waals surface area contributed by atoms with E-state index in [0.29, 0.717) is 6.61 Å². The molecule has 2 unspecified atom stereocenters. The van der Waals surface area contributed by atoms with Gasteiger partial charge < -0.3 is 22.2 Å². The van der Waals surface area contributed by atoms with E-state index < -0.39 is 9.05 Å². The van der Waals surface area contributed by atoms with Crippen LogP contribution in [0, 0.1) is 0 Å². The Morgan fingerprint density at radius 1 is 1.08 bits per heavy atom. The fourth-order valence-corrected chi connectivity index (χ4v) is 6.27. The van der Waals surface area contributed by atoms with E-state index in [1.165, 1.54) is 6.92 Å². The summed E-state index contributed by atoms with van der Waals surface area (Å²) >= 11 is 0. The van der Waals surface area contributed by atoms with Crippen LogP contribution < -0.4 is 0 Å². The van der Waals surface area contributed by atoms with Crippen LogP contribution in [0.4, 0.5) is 0 Å². The molecule has 0 aromatic heterocycles. The van der Waals surface area contributed by atoms with E-state index in [-0.39, 0.29) is 18.2 Å². The molecule has 7 heteroatoms. The third-order valence-electron chi connectivity index (χ3n) is 4.84. The van der Waals surface area contributed by atoms with Crippen molar-refractivity contribution in [3.8, 4) is 0 Å². The predicted octanol–water partition coefficient (Wildman–Crippen LogP) is 2.63. The van der Waals surface area contributed by atoms with Gasteiger partial charge in [0.2, 0.25) is 0 Å². The first-order chi connectivity index (χ1) is 11.5. The van der Waals surface area contributed by atoms with Crippen LogP contribution in [-0.4, -0.2) is 64.5 Å². The number of rotatable bonds is 7. The maximum absolute atomic E-state index is 11.7. The first kappa shape index (κ1) is 19.8. The topological polar surface area (TPSA) is 54.0 Å². The predicted molar refractivity (Wildman–Crippen MR) is 93.1 cm³/mol. The zero-order valence-corrected chi connectivity index (χ0v) is 16.7. The maximum atomic E-state index is 11.7. The van der Waals surface area contributed by atoms with Crippen LogP contribution in [0.3, 0.4) is 0 Å². The fourth-order valence-electron chi connectivity index (χ4n) is 4.03. The highest BCUT2D eigenvalue weighted by molar-refractivity contribution is 6.55. The minimum Gasteiger partial charge on any atom is -0.452 e. The molecule has 0 aromatic carbocycles. The summed E-state index contributed by atoms with van der Waals surface area (Å²) in [5, 5.41) is 0. The van der Waals surface area contributed by atoms with Crippen LogP contribution in [0.15, 0.2) is 0 Å². The average Bonchev–Trinajstić information content (AvgIpc) is 2.43. The van der Waals surface area contributed by atoms with Gasteiger partial charge in [-0.1, -0.05) is 33.6 Å². The number of quaternary nitrogens is 1. The van der Waals surface area contributed by atoms with E-state index in [1.807, 2.05) is 0 Å². The lowest BCUT2D eigenvalue weighted by atomic mass is 10.1. The van der Waals surface area contributed by atoms with E-state index in [1.54, 1.807) is 0 Å². The second-order valence-electron chi connectivity index (χ2n) is 7.15. The molecular formula is C17H34NO5Si+. The van der Waals surface area contributed by atoms with Crippen LogP contribution >= 0.6 is 0 Å². The molecule has 24 heavy (non-hydrogen) atoms. The summed E-state index contributed by atoms with van der Waals surface area (Å²) in [5.74, 6) is -0.386. The van der Waals surface area contributed by atoms with Gasteiger partial charge in [-0.25, -0.2) is 0 Å². The molecule has 0 saturated carbocycles. The Balaban J connectivity index is 2.33. The van der Waals surface area contributed by atoms with Gasteiger partial charge in [0.05, 0.1) is 13.2 Å². The molecule has 3 rings (SSSR count). The Hall–Kier alpha value is -0.473. The third kappa shape index (κ3) is 5.02. The molecule has 0 radical (unpaired) electrons. The molecule has 3 aliphatic rings. The number of nitrogens with zero attached hydrogens (tertiary/aromatic N) is 1. The average molecular weight is 361 g/mol.